The lowest BCUT2D eigenvalue weighted by Crippen LogP contribution is -2.52. The number of piperidine rings is 1. The first kappa shape index (κ1) is 13.6. The Bertz CT molecular complexity index is 544. The lowest BCUT2D eigenvalue weighted by molar-refractivity contribution is -0.0178. The number of fused-ring (bicyclic) bond motifs is 1. The van der Waals surface area contributed by atoms with Crippen LogP contribution >= 0.6 is 15.9 Å². The number of aromatic nitrogens is 1. The van der Waals surface area contributed by atoms with Crippen LogP contribution in [0.25, 0.3) is 0 Å². The van der Waals surface area contributed by atoms with Gasteiger partial charge in [0.25, 0.3) is 0 Å². The summed E-state index contributed by atoms with van der Waals surface area (Å²) in [4.78, 5) is 16.6. The number of amides is 1. The molecule has 1 aromatic rings. The first-order chi connectivity index (χ1) is 9.49. The van der Waals surface area contributed by atoms with Gasteiger partial charge in [0.05, 0.1) is 6.20 Å². The lowest BCUT2D eigenvalue weighted by Gasteiger charge is -2.45. The Labute approximate surface area is 125 Å². The number of hydrogen-bond acceptors (Lipinski definition) is 4. The number of nitrogens with two attached hydrogens (primary N) is 1. The van der Waals surface area contributed by atoms with Gasteiger partial charge in [-0.05, 0) is 22.0 Å². The molecule has 3 heterocycles. The second-order valence-electron chi connectivity index (χ2n) is 5.41. The summed E-state index contributed by atoms with van der Waals surface area (Å²) in [6.45, 7) is 0.975. The Balaban J connectivity index is 1.81. The maximum absolute atomic E-state index is 11.0. The molecule has 108 valence electrons. The van der Waals surface area contributed by atoms with Crippen molar-refractivity contribution in [2.24, 2.45) is 5.73 Å². The van der Waals surface area contributed by atoms with Crippen LogP contribution in [0, 0.1) is 0 Å². The van der Waals surface area contributed by atoms with E-state index in [0.717, 1.165) is 15.9 Å². The molecule has 2 aliphatic heterocycles. The summed E-state index contributed by atoms with van der Waals surface area (Å²) in [7, 11) is 0. The molecule has 20 heavy (non-hydrogen) atoms. The molecule has 0 radical (unpaired) electrons. The van der Waals surface area contributed by atoms with Gasteiger partial charge < -0.3 is 20.5 Å². The van der Waals surface area contributed by atoms with E-state index in [1.807, 2.05) is 6.07 Å². The highest BCUT2D eigenvalue weighted by Crippen LogP contribution is 2.43. The van der Waals surface area contributed by atoms with Crippen LogP contribution in [0.1, 0.15) is 30.9 Å². The van der Waals surface area contributed by atoms with Crippen LogP contribution in [-0.4, -0.2) is 39.8 Å². The highest BCUT2D eigenvalue weighted by molar-refractivity contribution is 9.10. The van der Waals surface area contributed by atoms with Gasteiger partial charge in [-0.2, -0.15) is 0 Å². The van der Waals surface area contributed by atoms with Crippen molar-refractivity contribution in [3.63, 3.8) is 0 Å². The second-order valence-corrected chi connectivity index (χ2v) is 6.22. The van der Waals surface area contributed by atoms with Gasteiger partial charge in [0.15, 0.2) is 0 Å². The van der Waals surface area contributed by atoms with E-state index in [1.54, 1.807) is 6.20 Å². The van der Waals surface area contributed by atoms with E-state index < -0.39 is 6.09 Å². The smallest absolute Gasteiger partial charge is 0.407 e. The number of halogens is 1. The average molecular weight is 342 g/mol. The highest BCUT2D eigenvalue weighted by Gasteiger charge is 2.43. The Morgan fingerprint density at radius 3 is 2.90 bits per heavy atom. The monoisotopic (exact) mass is 341 g/mol. The minimum absolute atomic E-state index is 0.102. The quantitative estimate of drug-likeness (QED) is 0.705. The predicted molar refractivity (Wildman–Crippen MR) is 75.7 cm³/mol. The second kappa shape index (κ2) is 4.89. The van der Waals surface area contributed by atoms with Crippen molar-refractivity contribution in [3.05, 3.63) is 22.4 Å². The number of hydrogen-bond donors (Lipinski definition) is 2. The Morgan fingerprint density at radius 1 is 1.55 bits per heavy atom. The van der Waals surface area contributed by atoms with Crippen LogP contribution < -0.4 is 10.5 Å². The van der Waals surface area contributed by atoms with E-state index in [9.17, 15) is 4.79 Å². The van der Waals surface area contributed by atoms with Crippen LogP contribution in [0.5, 0.6) is 5.75 Å². The molecule has 1 aromatic heterocycles. The normalized spacial score (nSPS) is 24.1. The van der Waals surface area contributed by atoms with Crippen LogP contribution in [0.4, 0.5) is 4.79 Å². The summed E-state index contributed by atoms with van der Waals surface area (Å²) in [6.07, 6.45) is 2.87. The summed E-state index contributed by atoms with van der Waals surface area (Å²) >= 11 is 3.34. The molecular formula is C13H16BrN3O3. The van der Waals surface area contributed by atoms with Crippen molar-refractivity contribution in [2.45, 2.75) is 30.9 Å². The van der Waals surface area contributed by atoms with Crippen molar-refractivity contribution in [1.29, 1.82) is 0 Å². The summed E-state index contributed by atoms with van der Waals surface area (Å²) in [6, 6.07) is 1.79. The van der Waals surface area contributed by atoms with Gasteiger partial charge in [0.1, 0.15) is 16.0 Å². The van der Waals surface area contributed by atoms with Gasteiger partial charge in [-0.1, -0.05) is 0 Å². The molecule has 7 heteroatoms. The molecule has 2 aliphatic rings. The van der Waals surface area contributed by atoms with Crippen molar-refractivity contribution in [2.75, 3.05) is 13.1 Å². The maximum Gasteiger partial charge on any atom is 0.407 e. The first-order valence-corrected chi connectivity index (χ1v) is 7.36. The number of likely N-dealkylation sites (tertiary alicyclic amines) is 1. The summed E-state index contributed by atoms with van der Waals surface area (Å²) in [5, 5.41) is 9.01. The molecule has 0 aliphatic carbocycles. The van der Waals surface area contributed by atoms with Crippen LogP contribution in [0.3, 0.4) is 0 Å². The van der Waals surface area contributed by atoms with Crippen molar-refractivity contribution < 1.29 is 14.6 Å². The van der Waals surface area contributed by atoms with Gasteiger partial charge in [0, 0.05) is 44.0 Å². The zero-order valence-electron chi connectivity index (χ0n) is 10.9. The maximum atomic E-state index is 11.0. The SMILES string of the molecule is N[C@H]1CC2(CCN(C(=O)O)CC2)Oc2cnc(Br)cc21. The molecule has 1 saturated heterocycles. The molecule has 1 amide bonds. The molecular weight excluding hydrogens is 326 g/mol. The van der Waals surface area contributed by atoms with Crippen LogP contribution in [-0.2, 0) is 0 Å². The average Bonchev–Trinajstić information content (AvgIpc) is 2.40. The highest BCUT2D eigenvalue weighted by atomic mass is 79.9. The van der Waals surface area contributed by atoms with Crippen LogP contribution in [0.2, 0.25) is 0 Å². The number of rotatable bonds is 0. The molecule has 1 atom stereocenters. The van der Waals surface area contributed by atoms with Crippen molar-refractivity contribution in [3.8, 4) is 5.75 Å². The molecule has 1 spiro atoms. The van der Waals surface area contributed by atoms with E-state index in [0.29, 0.717) is 32.4 Å². The lowest BCUT2D eigenvalue weighted by atomic mass is 9.81. The molecule has 0 bridgehead atoms. The van der Waals surface area contributed by atoms with E-state index in [2.05, 4.69) is 20.9 Å². The third-order valence-corrected chi connectivity index (χ3v) is 4.56. The predicted octanol–water partition coefficient (Wildman–Crippen LogP) is 2.14. The number of pyridine rings is 1. The fourth-order valence-electron chi connectivity index (χ4n) is 3.00. The van der Waals surface area contributed by atoms with Gasteiger partial charge in [0.2, 0.25) is 0 Å². The third-order valence-electron chi connectivity index (χ3n) is 4.13. The zero-order valence-corrected chi connectivity index (χ0v) is 12.5. The summed E-state index contributed by atoms with van der Waals surface area (Å²) in [5.74, 6) is 0.718. The molecule has 6 nitrogen and oxygen atoms in total. The Morgan fingerprint density at radius 2 is 2.25 bits per heavy atom. The molecule has 0 unspecified atom stereocenters. The Kier molecular flexibility index (Phi) is 3.33. The molecule has 1 fully saturated rings. The number of carboxylic acid groups (broad SMARTS) is 1. The fourth-order valence-corrected chi connectivity index (χ4v) is 3.35. The zero-order chi connectivity index (χ0) is 14.3. The Hall–Kier alpha value is -1.34. The van der Waals surface area contributed by atoms with E-state index in [4.69, 9.17) is 15.6 Å². The molecule has 0 saturated carbocycles. The topological polar surface area (TPSA) is 88.7 Å². The fraction of sp³-hybridized carbons (Fsp3) is 0.538. The minimum atomic E-state index is -0.869. The van der Waals surface area contributed by atoms with Crippen molar-refractivity contribution in [1.82, 2.24) is 9.88 Å². The summed E-state index contributed by atoms with van der Waals surface area (Å²) in [5.41, 5.74) is 6.86. The molecule has 0 aromatic carbocycles. The number of carbonyl (C=O) groups is 1. The van der Waals surface area contributed by atoms with Gasteiger partial charge >= 0.3 is 6.09 Å². The number of nitrogens with zero attached hydrogens (tertiary/aromatic N) is 2. The molecule has 3 N–H and O–H groups in total. The van der Waals surface area contributed by atoms with E-state index in [1.165, 1.54) is 4.90 Å². The largest absolute Gasteiger partial charge is 0.485 e. The van der Waals surface area contributed by atoms with Crippen molar-refractivity contribution >= 4 is 22.0 Å². The third kappa shape index (κ3) is 2.35. The van der Waals surface area contributed by atoms with Gasteiger partial charge in [-0.15, -0.1) is 0 Å². The summed E-state index contributed by atoms with van der Waals surface area (Å²) < 4.78 is 6.87. The molecule has 3 rings (SSSR count). The minimum Gasteiger partial charge on any atom is -0.485 e. The van der Waals surface area contributed by atoms with E-state index >= 15 is 0 Å². The van der Waals surface area contributed by atoms with Gasteiger partial charge in [-0.3, -0.25) is 0 Å². The van der Waals surface area contributed by atoms with Gasteiger partial charge in [-0.25, -0.2) is 9.78 Å². The van der Waals surface area contributed by atoms with E-state index in [-0.39, 0.29) is 11.6 Å². The standard InChI is InChI=1S/C13H16BrN3O3/c14-11-5-8-9(15)6-13(20-10(8)7-16-11)1-3-17(4-2-13)12(18)19/h5,7,9H,1-4,6,15H2,(H,18,19)/t9-/m0/s1. The number of ether oxygens (including phenoxy) is 1. The van der Waals surface area contributed by atoms with Crippen LogP contribution in [0.15, 0.2) is 16.9 Å². The first-order valence-electron chi connectivity index (χ1n) is 6.57.